The number of hydrogen-bond donors (Lipinski definition) is 0. The predicted molar refractivity (Wildman–Crippen MR) is 95.2 cm³/mol. The van der Waals surface area contributed by atoms with E-state index in [-0.39, 0.29) is 17.6 Å². The van der Waals surface area contributed by atoms with Crippen LogP contribution in [0.1, 0.15) is 62.5 Å². The molecule has 0 radical (unpaired) electrons. The first kappa shape index (κ1) is 17.6. The van der Waals surface area contributed by atoms with Crippen molar-refractivity contribution in [3.05, 3.63) is 33.9 Å². The summed E-state index contributed by atoms with van der Waals surface area (Å²) < 4.78 is 12.0. The molecular weight excluding hydrogens is 322 g/mol. The lowest BCUT2D eigenvalue weighted by atomic mass is 9.94. The lowest BCUT2D eigenvalue weighted by Gasteiger charge is -2.22. The lowest BCUT2D eigenvalue weighted by molar-refractivity contribution is 0.0409. The zero-order valence-corrected chi connectivity index (χ0v) is 16.0. The Morgan fingerprint density at radius 2 is 2.25 bits per heavy atom. The van der Waals surface area contributed by atoms with Crippen LogP contribution in [0.25, 0.3) is 0 Å². The Bertz CT molecular complexity index is 674. The van der Waals surface area contributed by atoms with Gasteiger partial charge in [-0.05, 0) is 20.3 Å². The van der Waals surface area contributed by atoms with Gasteiger partial charge in [-0.2, -0.15) is 0 Å². The van der Waals surface area contributed by atoms with Crippen molar-refractivity contribution in [2.24, 2.45) is 0 Å². The average Bonchev–Trinajstić information content (AvgIpc) is 3.24. The Kier molecular flexibility index (Phi) is 5.08. The molecule has 5 nitrogen and oxygen atoms in total. The Hall–Kier alpha value is -1.24. The molecule has 1 saturated heterocycles. The van der Waals surface area contributed by atoms with E-state index >= 15 is 0 Å². The summed E-state index contributed by atoms with van der Waals surface area (Å²) in [5.74, 6) is 1.74. The van der Waals surface area contributed by atoms with Crippen molar-refractivity contribution in [1.29, 1.82) is 0 Å². The van der Waals surface area contributed by atoms with Gasteiger partial charge in [0.2, 0.25) is 5.89 Å². The highest BCUT2D eigenvalue weighted by molar-refractivity contribution is 7.09. The van der Waals surface area contributed by atoms with Gasteiger partial charge in [-0.15, -0.1) is 11.3 Å². The quantitative estimate of drug-likeness (QED) is 0.814. The molecule has 0 unspecified atom stereocenters. The van der Waals surface area contributed by atoms with Gasteiger partial charge in [0.1, 0.15) is 5.76 Å². The zero-order valence-electron chi connectivity index (χ0n) is 15.2. The molecule has 0 spiro atoms. The fraction of sp³-hybridized carbons (Fsp3) is 0.667. The summed E-state index contributed by atoms with van der Waals surface area (Å²) in [4.78, 5) is 11.3. The maximum absolute atomic E-state index is 6.03. The highest BCUT2D eigenvalue weighted by Crippen LogP contribution is 2.29. The molecule has 2 atom stereocenters. The van der Waals surface area contributed by atoms with Gasteiger partial charge in [0.25, 0.3) is 0 Å². The Morgan fingerprint density at radius 1 is 1.46 bits per heavy atom. The summed E-state index contributed by atoms with van der Waals surface area (Å²) in [6.45, 7) is 13.1. The molecule has 0 N–H and O–H groups in total. The molecule has 2 aromatic heterocycles. The van der Waals surface area contributed by atoms with Gasteiger partial charge in [0, 0.05) is 23.9 Å². The van der Waals surface area contributed by atoms with Crippen molar-refractivity contribution in [1.82, 2.24) is 14.9 Å². The Morgan fingerprint density at radius 3 is 2.88 bits per heavy atom. The molecule has 2 aromatic rings. The number of nitrogens with zero attached hydrogens (tertiary/aromatic N) is 3. The molecule has 0 saturated carbocycles. The molecule has 132 valence electrons. The summed E-state index contributed by atoms with van der Waals surface area (Å²) in [5.41, 5.74) is 1.03. The van der Waals surface area contributed by atoms with Crippen molar-refractivity contribution < 1.29 is 9.15 Å². The third kappa shape index (κ3) is 4.05. The second-order valence-electron chi connectivity index (χ2n) is 7.56. The van der Waals surface area contributed by atoms with Crippen molar-refractivity contribution in [2.75, 3.05) is 13.1 Å². The molecule has 0 aliphatic carbocycles. The van der Waals surface area contributed by atoms with Crippen LogP contribution in [0.2, 0.25) is 0 Å². The number of aryl methyl sites for hydroxylation is 1. The molecular formula is C18H27N3O2S. The molecule has 1 fully saturated rings. The van der Waals surface area contributed by atoms with E-state index < -0.39 is 0 Å². The van der Waals surface area contributed by atoms with Gasteiger partial charge in [-0.3, -0.25) is 4.90 Å². The van der Waals surface area contributed by atoms with E-state index in [0.717, 1.165) is 41.9 Å². The van der Waals surface area contributed by atoms with Crippen LogP contribution in [-0.4, -0.2) is 34.1 Å². The van der Waals surface area contributed by atoms with Crippen LogP contribution in [0.5, 0.6) is 0 Å². The SMILES string of the molecule is Cc1nc(CO[C@H]2CCN([C@@H](C)c3ncc(C(C)(C)C)o3)C2)cs1. The van der Waals surface area contributed by atoms with Gasteiger partial charge in [-0.25, -0.2) is 9.97 Å². The maximum Gasteiger partial charge on any atom is 0.211 e. The first-order chi connectivity index (χ1) is 11.3. The first-order valence-electron chi connectivity index (χ1n) is 8.56. The Balaban J connectivity index is 1.54. The number of hydrogen-bond acceptors (Lipinski definition) is 6. The normalized spacial score (nSPS) is 20.6. The van der Waals surface area contributed by atoms with Gasteiger partial charge in [0.05, 0.1) is 35.7 Å². The van der Waals surface area contributed by atoms with Crippen molar-refractivity contribution in [2.45, 2.75) is 65.2 Å². The number of oxazole rings is 1. The second-order valence-corrected chi connectivity index (χ2v) is 8.63. The van der Waals surface area contributed by atoms with E-state index in [1.807, 2.05) is 13.1 Å². The summed E-state index contributed by atoms with van der Waals surface area (Å²) >= 11 is 1.67. The molecule has 0 amide bonds. The third-order valence-corrected chi connectivity index (χ3v) is 5.30. The van der Waals surface area contributed by atoms with E-state index in [1.165, 1.54) is 0 Å². The van der Waals surface area contributed by atoms with Crippen LogP contribution >= 0.6 is 11.3 Å². The van der Waals surface area contributed by atoms with Gasteiger partial charge in [0.15, 0.2) is 0 Å². The van der Waals surface area contributed by atoms with Crippen LogP contribution in [0.3, 0.4) is 0 Å². The molecule has 3 heterocycles. The van der Waals surface area contributed by atoms with Gasteiger partial charge < -0.3 is 9.15 Å². The lowest BCUT2D eigenvalue weighted by Crippen LogP contribution is -2.26. The molecule has 0 aromatic carbocycles. The maximum atomic E-state index is 6.03. The second kappa shape index (κ2) is 6.94. The average molecular weight is 350 g/mol. The van der Waals surface area contributed by atoms with E-state index in [2.05, 4.69) is 47.9 Å². The number of rotatable bonds is 5. The van der Waals surface area contributed by atoms with Crippen LogP contribution in [0, 0.1) is 6.92 Å². The number of aromatic nitrogens is 2. The fourth-order valence-corrected chi connectivity index (χ4v) is 3.50. The molecule has 1 aliphatic rings. The molecule has 3 rings (SSSR count). The summed E-state index contributed by atoms with van der Waals surface area (Å²) in [7, 11) is 0. The minimum absolute atomic E-state index is 0.00666. The summed E-state index contributed by atoms with van der Waals surface area (Å²) in [5, 5.41) is 3.17. The van der Waals surface area contributed by atoms with Crippen LogP contribution in [0.15, 0.2) is 16.0 Å². The number of ether oxygens (including phenoxy) is 1. The van der Waals surface area contributed by atoms with Crippen LogP contribution < -0.4 is 0 Å². The molecule has 6 heteroatoms. The van der Waals surface area contributed by atoms with Crippen LogP contribution in [-0.2, 0) is 16.8 Å². The minimum atomic E-state index is -0.00666. The molecule has 24 heavy (non-hydrogen) atoms. The standard InChI is InChI=1S/C18H27N3O2S/c1-12(17-19-8-16(23-17)18(3,4)5)21-7-6-15(9-21)22-10-14-11-24-13(2)20-14/h8,11-12,15H,6-7,9-10H2,1-5H3/t12-,15-/m0/s1. The van der Waals surface area contributed by atoms with E-state index in [0.29, 0.717) is 6.61 Å². The highest BCUT2D eigenvalue weighted by Gasteiger charge is 2.30. The van der Waals surface area contributed by atoms with E-state index in [9.17, 15) is 0 Å². The first-order valence-corrected chi connectivity index (χ1v) is 9.44. The smallest absolute Gasteiger partial charge is 0.211 e. The molecule has 1 aliphatic heterocycles. The highest BCUT2D eigenvalue weighted by atomic mass is 32.1. The van der Waals surface area contributed by atoms with Crippen LogP contribution in [0.4, 0.5) is 0 Å². The molecule has 0 bridgehead atoms. The third-order valence-electron chi connectivity index (χ3n) is 4.48. The van der Waals surface area contributed by atoms with Gasteiger partial charge >= 0.3 is 0 Å². The Labute approximate surface area is 148 Å². The number of likely N-dealkylation sites (tertiary alicyclic amines) is 1. The number of thiazole rings is 1. The van der Waals surface area contributed by atoms with Crippen molar-refractivity contribution in [3.8, 4) is 0 Å². The van der Waals surface area contributed by atoms with Gasteiger partial charge in [-0.1, -0.05) is 20.8 Å². The largest absolute Gasteiger partial charge is 0.443 e. The summed E-state index contributed by atoms with van der Waals surface area (Å²) in [6.07, 6.45) is 3.16. The van der Waals surface area contributed by atoms with Crippen molar-refractivity contribution in [3.63, 3.8) is 0 Å². The zero-order chi connectivity index (χ0) is 17.3. The monoisotopic (exact) mass is 349 g/mol. The minimum Gasteiger partial charge on any atom is -0.443 e. The predicted octanol–water partition coefficient (Wildman–Crippen LogP) is 4.09. The van der Waals surface area contributed by atoms with E-state index in [1.54, 1.807) is 11.3 Å². The summed E-state index contributed by atoms with van der Waals surface area (Å²) in [6, 6.07) is 0.177. The van der Waals surface area contributed by atoms with E-state index in [4.69, 9.17) is 9.15 Å². The topological polar surface area (TPSA) is 51.4 Å². The van der Waals surface area contributed by atoms with Crippen molar-refractivity contribution >= 4 is 11.3 Å². The fourth-order valence-electron chi connectivity index (χ4n) is 2.90.